The van der Waals surface area contributed by atoms with E-state index in [4.69, 9.17) is 0 Å². The van der Waals surface area contributed by atoms with Gasteiger partial charge in [-0.1, -0.05) is 18.2 Å². The fraction of sp³-hybridized carbons (Fsp3) is 0.846. The molecule has 102 valence electrons. The topological polar surface area (TPSA) is 34.0 Å². The van der Waals surface area contributed by atoms with Crippen LogP contribution >= 0.6 is 11.8 Å². The molecule has 2 rings (SSSR count). The zero-order valence-electron chi connectivity index (χ0n) is 11.7. The maximum absolute atomic E-state index is 4.25. The summed E-state index contributed by atoms with van der Waals surface area (Å²) in [6, 6.07) is 0.769. The molecular formula is C13H24N4S. The van der Waals surface area contributed by atoms with E-state index in [1.807, 2.05) is 18.7 Å². The van der Waals surface area contributed by atoms with Gasteiger partial charge in [0, 0.05) is 18.3 Å². The number of aromatic nitrogens is 3. The summed E-state index contributed by atoms with van der Waals surface area (Å²) >= 11 is 1.85. The molecule has 1 fully saturated rings. The van der Waals surface area contributed by atoms with Gasteiger partial charge in [0.05, 0.1) is 0 Å². The first-order valence-electron chi connectivity index (χ1n) is 6.95. The molecule has 0 N–H and O–H groups in total. The third kappa shape index (κ3) is 3.26. The van der Waals surface area contributed by atoms with Crippen LogP contribution in [0, 0.1) is 6.92 Å². The van der Waals surface area contributed by atoms with E-state index in [0.717, 1.165) is 29.3 Å². The van der Waals surface area contributed by atoms with Crippen LogP contribution in [0.5, 0.6) is 0 Å². The molecule has 4 nitrogen and oxygen atoms in total. The number of likely N-dealkylation sites (tertiary alicyclic amines) is 1. The molecule has 1 unspecified atom stereocenters. The molecule has 1 aromatic rings. The van der Waals surface area contributed by atoms with Crippen molar-refractivity contribution in [3.05, 3.63) is 5.82 Å². The first kappa shape index (κ1) is 13.9. The highest BCUT2D eigenvalue weighted by molar-refractivity contribution is 7.99. The zero-order valence-corrected chi connectivity index (χ0v) is 12.5. The van der Waals surface area contributed by atoms with Crippen LogP contribution < -0.4 is 0 Å². The van der Waals surface area contributed by atoms with Crippen molar-refractivity contribution in [2.75, 3.05) is 19.3 Å². The second-order valence-electron chi connectivity index (χ2n) is 5.04. The summed E-state index contributed by atoms with van der Waals surface area (Å²) in [7, 11) is 2.26. The number of hydrogen-bond acceptors (Lipinski definition) is 4. The molecule has 0 saturated carbocycles. The average molecular weight is 268 g/mol. The Balaban J connectivity index is 1.80. The molecule has 0 spiro atoms. The van der Waals surface area contributed by atoms with E-state index in [1.54, 1.807) is 0 Å². The van der Waals surface area contributed by atoms with Crippen LogP contribution in [0.2, 0.25) is 0 Å². The summed E-state index contributed by atoms with van der Waals surface area (Å²) < 4.78 is 2.19. The van der Waals surface area contributed by atoms with Gasteiger partial charge in [-0.25, -0.2) is 0 Å². The third-order valence-corrected chi connectivity index (χ3v) is 4.82. The quantitative estimate of drug-likeness (QED) is 0.769. The molecule has 5 heteroatoms. The second-order valence-corrected chi connectivity index (χ2v) is 6.10. The van der Waals surface area contributed by atoms with Gasteiger partial charge in [-0.05, 0) is 46.7 Å². The van der Waals surface area contributed by atoms with Crippen LogP contribution in [0.25, 0.3) is 0 Å². The van der Waals surface area contributed by atoms with Crippen LogP contribution in [-0.2, 0) is 6.54 Å². The Bertz CT molecular complexity index is 377. The molecule has 0 amide bonds. The lowest BCUT2D eigenvalue weighted by Crippen LogP contribution is -2.36. The van der Waals surface area contributed by atoms with Crippen molar-refractivity contribution in [3.63, 3.8) is 0 Å². The summed E-state index contributed by atoms with van der Waals surface area (Å²) in [6.07, 6.45) is 5.38. The van der Waals surface area contributed by atoms with E-state index in [2.05, 4.69) is 33.6 Å². The Morgan fingerprint density at radius 2 is 2.17 bits per heavy atom. The Hall–Kier alpha value is -0.550. The maximum atomic E-state index is 4.25. The summed E-state index contributed by atoms with van der Waals surface area (Å²) in [5.41, 5.74) is 0. The Labute approximate surface area is 114 Å². The van der Waals surface area contributed by atoms with Crippen molar-refractivity contribution in [1.82, 2.24) is 19.7 Å². The molecule has 0 radical (unpaired) electrons. The Morgan fingerprint density at radius 3 is 2.89 bits per heavy atom. The van der Waals surface area contributed by atoms with E-state index in [9.17, 15) is 0 Å². The van der Waals surface area contributed by atoms with Crippen LogP contribution in [-0.4, -0.2) is 45.1 Å². The first-order chi connectivity index (χ1) is 8.72. The summed E-state index contributed by atoms with van der Waals surface area (Å²) in [5, 5.41) is 9.48. The minimum Gasteiger partial charge on any atom is -0.307 e. The predicted octanol–water partition coefficient (Wildman–Crippen LogP) is 2.57. The van der Waals surface area contributed by atoms with Gasteiger partial charge >= 0.3 is 0 Å². The lowest BCUT2D eigenvalue weighted by atomic mass is 10.0. The maximum Gasteiger partial charge on any atom is 0.191 e. The van der Waals surface area contributed by atoms with Crippen molar-refractivity contribution in [1.29, 1.82) is 0 Å². The van der Waals surface area contributed by atoms with E-state index >= 15 is 0 Å². The monoisotopic (exact) mass is 268 g/mol. The van der Waals surface area contributed by atoms with Crippen molar-refractivity contribution in [3.8, 4) is 0 Å². The second kappa shape index (κ2) is 6.57. The lowest BCUT2D eigenvalue weighted by molar-refractivity contribution is 0.182. The standard InChI is InChI=1S/C13H24N4S/c1-4-17-11(2)14-15-13(17)18-10-8-12-7-5-6-9-16(12)3/h12H,4-10H2,1-3H3. The van der Waals surface area contributed by atoms with Crippen molar-refractivity contribution in [2.24, 2.45) is 0 Å². The van der Waals surface area contributed by atoms with E-state index in [-0.39, 0.29) is 0 Å². The van der Waals surface area contributed by atoms with Crippen LogP contribution in [0.1, 0.15) is 38.4 Å². The summed E-state index contributed by atoms with van der Waals surface area (Å²) in [4.78, 5) is 2.51. The zero-order chi connectivity index (χ0) is 13.0. The number of hydrogen-bond donors (Lipinski definition) is 0. The number of rotatable bonds is 5. The van der Waals surface area contributed by atoms with Crippen LogP contribution in [0.15, 0.2) is 5.16 Å². The molecule has 1 atom stereocenters. The van der Waals surface area contributed by atoms with Gasteiger partial charge in [-0.3, -0.25) is 0 Å². The summed E-state index contributed by atoms with van der Waals surface area (Å²) in [6.45, 7) is 6.40. The van der Waals surface area contributed by atoms with Crippen molar-refractivity contribution < 1.29 is 0 Å². The highest BCUT2D eigenvalue weighted by Gasteiger charge is 2.18. The minimum absolute atomic E-state index is 0.769. The number of piperidine rings is 1. The highest BCUT2D eigenvalue weighted by atomic mass is 32.2. The molecule has 1 aromatic heterocycles. The smallest absolute Gasteiger partial charge is 0.191 e. The van der Waals surface area contributed by atoms with Gasteiger partial charge in [0.1, 0.15) is 5.82 Å². The van der Waals surface area contributed by atoms with E-state index < -0.39 is 0 Å². The molecule has 0 aromatic carbocycles. The van der Waals surface area contributed by atoms with Crippen LogP contribution in [0.4, 0.5) is 0 Å². The fourth-order valence-electron chi connectivity index (χ4n) is 2.63. The normalized spacial score (nSPS) is 21.4. The van der Waals surface area contributed by atoms with Gasteiger partial charge in [0.25, 0.3) is 0 Å². The van der Waals surface area contributed by atoms with Gasteiger partial charge in [-0.2, -0.15) is 0 Å². The van der Waals surface area contributed by atoms with Crippen molar-refractivity contribution >= 4 is 11.8 Å². The van der Waals surface area contributed by atoms with Crippen LogP contribution in [0.3, 0.4) is 0 Å². The Kier molecular flexibility index (Phi) is 5.06. The predicted molar refractivity (Wildman–Crippen MR) is 76.0 cm³/mol. The molecule has 1 aliphatic heterocycles. The van der Waals surface area contributed by atoms with Gasteiger partial charge in [0.15, 0.2) is 5.16 Å². The fourth-order valence-corrected chi connectivity index (χ4v) is 3.72. The first-order valence-corrected chi connectivity index (χ1v) is 7.93. The SMILES string of the molecule is CCn1c(C)nnc1SCCC1CCCCN1C. The Morgan fingerprint density at radius 1 is 1.33 bits per heavy atom. The minimum atomic E-state index is 0.769. The molecule has 0 aliphatic carbocycles. The van der Waals surface area contributed by atoms with E-state index in [0.29, 0.717) is 0 Å². The van der Waals surface area contributed by atoms with E-state index in [1.165, 1.54) is 32.2 Å². The summed E-state index contributed by atoms with van der Waals surface area (Å²) in [5.74, 6) is 2.17. The van der Waals surface area contributed by atoms with Crippen molar-refractivity contribution in [2.45, 2.75) is 57.3 Å². The van der Waals surface area contributed by atoms with Gasteiger partial charge in [-0.15, -0.1) is 10.2 Å². The molecule has 18 heavy (non-hydrogen) atoms. The molecule has 2 heterocycles. The van der Waals surface area contributed by atoms with Gasteiger partial charge in [0.2, 0.25) is 0 Å². The largest absolute Gasteiger partial charge is 0.307 e. The average Bonchev–Trinajstić information content (AvgIpc) is 2.72. The van der Waals surface area contributed by atoms with Gasteiger partial charge < -0.3 is 9.47 Å². The molecule has 1 saturated heterocycles. The molecule has 0 bridgehead atoms. The highest BCUT2D eigenvalue weighted by Crippen LogP contribution is 2.23. The number of nitrogens with zero attached hydrogens (tertiary/aromatic N) is 4. The lowest BCUT2D eigenvalue weighted by Gasteiger charge is -2.32. The molecule has 1 aliphatic rings. The third-order valence-electron chi connectivity index (χ3n) is 3.82. The number of thioether (sulfide) groups is 1. The molecular weight excluding hydrogens is 244 g/mol. The number of aryl methyl sites for hydroxylation is 1.